The number of carbonyl (C=O) groups excluding carboxylic acids is 3. The van der Waals surface area contributed by atoms with Crippen molar-refractivity contribution in [3.8, 4) is 0 Å². The maximum Gasteiger partial charge on any atom is 0.304 e. The predicted octanol–water partition coefficient (Wildman–Crippen LogP) is 0.159. The summed E-state index contributed by atoms with van der Waals surface area (Å²) in [7, 11) is 0. The van der Waals surface area contributed by atoms with Gasteiger partial charge in [-0.1, -0.05) is 0 Å². The third kappa shape index (κ3) is 4.70. The van der Waals surface area contributed by atoms with Gasteiger partial charge in [0, 0.05) is 20.8 Å². The van der Waals surface area contributed by atoms with E-state index in [1.54, 1.807) is 0 Å². The van der Waals surface area contributed by atoms with Crippen LogP contribution in [0.2, 0.25) is 0 Å². The lowest BCUT2D eigenvalue weighted by Gasteiger charge is -2.34. The van der Waals surface area contributed by atoms with Crippen molar-refractivity contribution in [2.24, 2.45) is 0 Å². The number of rotatable bonds is 3. The first-order valence-electron chi connectivity index (χ1n) is 5.51. The van der Waals surface area contributed by atoms with Gasteiger partial charge in [0.2, 0.25) is 6.29 Å². The molecule has 1 aliphatic heterocycles. The Morgan fingerprint density at radius 1 is 0.889 bits per heavy atom. The largest absolute Gasteiger partial charge is 0.458 e. The highest BCUT2D eigenvalue weighted by Gasteiger charge is 2.37. The van der Waals surface area contributed by atoms with Crippen molar-refractivity contribution >= 4 is 17.9 Å². The Morgan fingerprint density at radius 2 is 1.39 bits per heavy atom. The molecule has 0 spiro atoms. The first-order chi connectivity index (χ1) is 8.38. The summed E-state index contributed by atoms with van der Waals surface area (Å²) in [5.74, 6) is -1.49. The molecule has 0 N–H and O–H groups in total. The predicted molar refractivity (Wildman–Crippen MR) is 57.2 cm³/mol. The molecule has 1 aliphatic rings. The van der Waals surface area contributed by atoms with Crippen LogP contribution in [0.3, 0.4) is 0 Å². The Hall–Kier alpha value is -1.63. The van der Waals surface area contributed by atoms with Crippen LogP contribution in [-0.2, 0) is 33.3 Å². The van der Waals surface area contributed by atoms with E-state index in [2.05, 4.69) is 0 Å². The van der Waals surface area contributed by atoms with E-state index >= 15 is 0 Å². The standard InChI is InChI=1S/C11H16O7/c1-6(12)16-9-4-11(18-8(3)14)15-5-10(9)17-7(2)13/h9-11H,4-5H2,1-3H3/t9-,10+,11-/m0/s1. The Balaban J connectivity index is 2.62. The van der Waals surface area contributed by atoms with Crippen LogP contribution in [0.4, 0.5) is 0 Å². The Labute approximate surface area is 104 Å². The van der Waals surface area contributed by atoms with Gasteiger partial charge in [-0.05, 0) is 0 Å². The number of hydrogen-bond acceptors (Lipinski definition) is 7. The molecule has 0 unspecified atom stereocenters. The number of hydrogen-bond donors (Lipinski definition) is 0. The van der Waals surface area contributed by atoms with Crippen LogP contribution < -0.4 is 0 Å². The van der Waals surface area contributed by atoms with Crippen LogP contribution in [0.15, 0.2) is 0 Å². The minimum absolute atomic E-state index is 0.00940. The molecule has 0 bridgehead atoms. The highest BCUT2D eigenvalue weighted by Crippen LogP contribution is 2.21. The number of carbonyl (C=O) groups is 3. The Morgan fingerprint density at radius 3 is 1.89 bits per heavy atom. The first-order valence-corrected chi connectivity index (χ1v) is 5.51. The van der Waals surface area contributed by atoms with E-state index < -0.39 is 36.4 Å². The van der Waals surface area contributed by atoms with Crippen LogP contribution in [-0.4, -0.2) is 43.0 Å². The average Bonchev–Trinajstić information content (AvgIpc) is 2.19. The van der Waals surface area contributed by atoms with Gasteiger partial charge in [-0.2, -0.15) is 0 Å². The van der Waals surface area contributed by atoms with E-state index in [-0.39, 0.29) is 13.0 Å². The molecule has 102 valence electrons. The second-order valence-corrected chi connectivity index (χ2v) is 3.90. The summed E-state index contributed by atoms with van der Waals surface area (Å²) in [5.41, 5.74) is 0. The van der Waals surface area contributed by atoms with E-state index in [0.29, 0.717) is 0 Å². The van der Waals surface area contributed by atoms with Crippen molar-refractivity contribution in [2.75, 3.05) is 6.61 Å². The molecule has 0 aromatic rings. The molecule has 1 rings (SSSR count). The van der Waals surface area contributed by atoms with Crippen LogP contribution in [0.25, 0.3) is 0 Å². The van der Waals surface area contributed by atoms with E-state index in [0.717, 1.165) is 0 Å². The van der Waals surface area contributed by atoms with Gasteiger partial charge in [-0.3, -0.25) is 14.4 Å². The van der Waals surface area contributed by atoms with Gasteiger partial charge >= 0.3 is 17.9 Å². The third-order valence-electron chi connectivity index (χ3n) is 2.22. The van der Waals surface area contributed by atoms with Crippen molar-refractivity contribution in [3.05, 3.63) is 0 Å². The fourth-order valence-corrected chi connectivity index (χ4v) is 1.65. The van der Waals surface area contributed by atoms with Crippen LogP contribution in [0.5, 0.6) is 0 Å². The fourth-order valence-electron chi connectivity index (χ4n) is 1.65. The smallest absolute Gasteiger partial charge is 0.304 e. The summed E-state index contributed by atoms with van der Waals surface area (Å²) in [4.78, 5) is 32.7. The zero-order valence-corrected chi connectivity index (χ0v) is 10.5. The quantitative estimate of drug-likeness (QED) is 0.527. The van der Waals surface area contributed by atoms with Crippen LogP contribution >= 0.6 is 0 Å². The molecule has 1 saturated heterocycles. The Bertz CT molecular complexity index is 338. The molecular formula is C11H16O7. The molecule has 18 heavy (non-hydrogen) atoms. The SMILES string of the molecule is CC(=O)O[C@H]1C[C@H](OC(C)=O)[C@H](OC(C)=O)CO1. The normalized spacial score (nSPS) is 27.2. The molecule has 0 saturated carbocycles. The molecular weight excluding hydrogens is 244 g/mol. The van der Waals surface area contributed by atoms with Crippen molar-refractivity contribution in [3.63, 3.8) is 0 Å². The highest BCUT2D eigenvalue weighted by atomic mass is 16.7. The summed E-state index contributed by atoms with van der Waals surface area (Å²) < 4.78 is 20.1. The summed E-state index contributed by atoms with van der Waals surface area (Å²) in [6.07, 6.45) is -2.02. The van der Waals surface area contributed by atoms with Gasteiger partial charge in [0.1, 0.15) is 6.10 Å². The third-order valence-corrected chi connectivity index (χ3v) is 2.22. The van der Waals surface area contributed by atoms with Crippen molar-refractivity contribution in [1.82, 2.24) is 0 Å². The maximum atomic E-state index is 11.0. The van der Waals surface area contributed by atoms with Gasteiger partial charge in [0.05, 0.1) is 13.0 Å². The first kappa shape index (κ1) is 14.4. The van der Waals surface area contributed by atoms with Crippen LogP contribution in [0, 0.1) is 0 Å². The molecule has 0 radical (unpaired) electrons. The van der Waals surface area contributed by atoms with Gasteiger partial charge in [0.25, 0.3) is 0 Å². The minimum Gasteiger partial charge on any atom is -0.458 e. The van der Waals surface area contributed by atoms with Crippen LogP contribution in [0.1, 0.15) is 27.2 Å². The second-order valence-electron chi connectivity index (χ2n) is 3.90. The lowest BCUT2D eigenvalue weighted by atomic mass is 10.1. The lowest BCUT2D eigenvalue weighted by molar-refractivity contribution is -0.228. The molecule has 0 aromatic heterocycles. The summed E-state index contributed by atoms with van der Waals surface area (Å²) >= 11 is 0. The van der Waals surface area contributed by atoms with E-state index in [1.807, 2.05) is 0 Å². The van der Waals surface area contributed by atoms with E-state index in [4.69, 9.17) is 18.9 Å². The number of ether oxygens (including phenoxy) is 4. The van der Waals surface area contributed by atoms with E-state index in [9.17, 15) is 14.4 Å². The highest BCUT2D eigenvalue weighted by molar-refractivity contribution is 5.67. The molecule has 1 heterocycles. The second kappa shape index (κ2) is 6.34. The summed E-state index contributed by atoms with van der Waals surface area (Å²) in [6, 6.07) is 0. The molecule has 0 amide bonds. The monoisotopic (exact) mass is 260 g/mol. The zero-order chi connectivity index (χ0) is 13.7. The molecule has 7 nitrogen and oxygen atoms in total. The van der Waals surface area contributed by atoms with Gasteiger partial charge < -0.3 is 18.9 Å². The Kier molecular flexibility index (Phi) is 5.08. The topological polar surface area (TPSA) is 88.1 Å². The lowest BCUT2D eigenvalue weighted by Crippen LogP contribution is -2.46. The zero-order valence-electron chi connectivity index (χ0n) is 10.5. The summed E-state index contributed by atoms with van der Waals surface area (Å²) in [5, 5.41) is 0. The van der Waals surface area contributed by atoms with E-state index in [1.165, 1.54) is 20.8 Å². The average molecular weight is 260 g/mol. The minimum atomic E-state index is -0.793. The van der Waals surface area contributed by atoms with Gasteiger partial charge in [-0.25, -0.2) is 0 Å². The number of esters is 3. The van der Waals surface area contributed by atoms with Gasteiger partial charge in [-0.15, -0.1) is 0 Å². The molecule has 0 aliphatic carbocycles. The fraction of sp³-hybridized carbons (Fsp3) is 0.727. The van der Waals surface area contributed by atoms with Crippen molar-refractivity contribution in [2.45, 2.75) is 45.7 Å². The van der Waals surface area contributed by atoms with Crippen molar-refractivity contribution in [1.29, 1.82) is 0 Å². The molecule has 7 heteroatoms. The molecule has 3 atom stereocenters. The summed E-state index contributed by atoms with van der Waals surface area (Å²) in [6.45, 7) is 3.77. The van der Waals surface area contributed by atoms with Crippen molar-refractivity contribution < 1.29 is 33.3 Å². The molecule has 1 fully saturated rings. The molecule has 0 aromatic carbocycles. The maximum absolute atomic E-state index is 11.0. The van der Waals surface area contributed by atoms with Gasteiger partial charge in [0.15, 0.2) is 6.10 Å².